The van der Waals surface area contributed by atoms with E-state index in [1.165, 1.54) is 5.69 Å². The summed E-state index contributed by atoms with van der Waals surface area (Å²) in [7, 11) is 0. The average Bonchev–Trinajstić information content (AvgIpc) is 2.48. The van der Waals surface area contributed by atoms with Crippen molar-refractivity contribution >= 4 is 11.5 Å². The van der Waals surface area contributed by atoms with E-state index in [4.69, 9.17) is 10.5 Å². The van der Waals surface area contributed by atoms with Gasteiger partial charge in [0.05, 0.1) is 0 Å². The maximum absolute atomic E-state index is 5.60. The normalized spacial score (nSPS) is 10.3. The molecule has 0 saturated heterocycles. The van der Waals surface area contributed by atoms with Crippen LogP contribution in [0.5, 0.6) is 5.88 Å². The molecule has 5 heteroatoms. The lowest BCUT2D eigenvalue weighted by Gasteiger charge is -2.21. The molecule has 2 aromatic rings. The highest BCUT2D eigenvalue weighted by Crippen LogP contribution is 2.17. The van der Waals surface area contributed by atoms with E-state index in [0.29, 0.717) is 18.3 Å². The first kappa shape index (κ1) is 14.1. The number of benzene rings is 1. The summed E-state index contributed by atoms with van der Waals surface area (Å²) in [6, 6.07) is 11.7. The van der Waals surface area contributed by atoms with E-state index >= 15 is 0 Å². The third kappa shape index (κ3) is 3.60. The number of rotatable bonds is 6. The second-order valence-electron chi connectivity index (χ2n) is 4.43. The molecule has 1 aromatic carbocycles. The van der Waals surface area contributed by atoms with Crippen LogP contribution in [0.15, 0.2) is 36.4 Å². The van der Waals surface area contributed by atoms with Gasteiger partial charge in [-0.05, 0) is 37.6 Å². The van der Waals surface area contributed by atoms with Crippen molar-refractivity contribution in [3.05, 3.63) is 42.0 Å². The van der Waals surface area contributed by atoms with E-state index in [2.05, 4.69) is 41.1 Å². The van der Waals surface area contributed by atoms with Gasteiger partial charge in [-0.15, -0.1) is 10.2 Å². The second-order valence-corrected chi connectivity index (χ2v) is 4.43. The summed E-state index contributed by atoms with van der Waals surface area (Å²) in [5, 5.41) is 7.63. The summed E-state index contributed by atoms with van der Waals surface area (Å²) in [6.45, 7) is 6.75. The molecule has 106 valence electrons. The van der Waals surface area contributed by atoms with Gasteiger partial charge in [0, 0.05) is 24.8 Å². The number of nitrogen functional groups attached to an aromatic ring is 1. The highest BCUT2D eigenvalue weighted by Gasteiger charge is 2.03. The van der Waals surface area contributed by atoms with Crippen LogP contribution >= 0.6 is 0 Å². The predicted molar refractivity (Wildman–Crippen MR) is 80.8 cm³/mol. The molecule has 0 atom stereocenters. The Morgan fingerprint density at radius 3 is 2.55 bits per heavy atom. The van der Waals surface area contributed by atoms with Crippen molar-refractivity contribution in [1.82, 2.24) is 10.2 Å². The van der Waals surface area contributed by atoms with E-state index in [1.807, 2.05) is 12.1 Å². The van der Waals surface area contributed by atoms with E-state index in [1.54, 1.807) is 12.1 Å². The Bertz CT molecular complexity index is 538. The number of anilines is 2. The molecular weight excluding hydrogens is 252 g/mol. The van der Waals surface area contributed by atoms with Crippen LogP contribution in [0.3, 0.4) is 0 Å². The van der Waals surface area contributed by atoms with Gasteiger partial charge in [-0.1, -0.05) is 12.1 Å². The average molecular weight is 272 g/mol. The molecule has 0 amide bonds. The van der Waals surface area contributed by atoms with Crippen LogP contribution in [-0.2, 0) is 6.61 Å². The Labute approximate surface area is 119 Å². The van der Waals surface area contributed by atoms with Crippen LogP contribution in [0.1, 0.15) is 19.4 Å². The Morgan fingerprint density at radius 1 is 1.10 bits per heavy atom. The fourth-order valence-corrected chi connectivity index (χ4v) is 2.00. The summed E-state index contributed by atoms with van der Waals surface area (Å²) < 4.78 is 5.60. The van der Waals surface area contributed by atoms with E-state index < -0.39 is 0 Å². The van der Waals surface area contributed by atoms with Crippen molar-refractivity contribution in [2.75, 3.05) is 23.7 Å². The first-order chi connectivity index (χ1) is 9.72. The molecule has 0 bridgehead atoms. The van der Waals surface area contributed by atoms with Gasteiger partial charge in [-0.3, -0.25) is 0 Å². The van der Waals surface area contributed by atoms with Crippen LogP contribution in [-0.4, -0.2) is 23.3 Å². The maximum Gasteiger partial charge on any atom is 0.233 e. The minimum atomic E-state index is 0.390. The van der Waals surface area contributed by atoms with Crippen molar-refractivity contribution in [3.8, 4) is 5.88 Å². The van der Waals surface area contributed by atoms with E-state index in [-0.39, 0.29) is 0 Å². The lowest BCUT2D eigenvalue weighted by atomic mass is 10.2. The van der Waals surface area contributed by atoms with Crippen molar-refractivity contribution in [2.45, 2.75) is 20.5 Å². The van der Waals surface area contributed by atoms with Crippen LogP contribution in [0, 0.1) is 0 Å². The van der Waals surface area contributed by atoms with Gasteiger partial charge in [0.15, 0.2) is 0 Å². The molecule has 0 aliphatic heterocycles. The zero-order valence-electron chi connectivity index (χ0n) is 11.9. The first-order valence-corrected chi connectivity index (χ1v) is 6.78. The SMILES string of the molecule is CCN(CC)c1cccc(COc2ccc(N)nn2)c1. The van der Waals surface area contributed by atoms with Crippen molar-refractivity contribution in [1.29, 1.82) is 0 Å². The Kier molecular flexibility index (Phi) is 4.76. The number of aromatic nitrogens is 2. The Hall–Kier alpha value is -2.30. The van der Waals surface area contributed by atoms with Gasteiger partial charge in [-0.2, -0.15) is 0 Å². The topological polar surface area (TPSA) is 64.3 Å². The highest BCUT2D eigenvalue weighted by atomic mass is 16.5. The zero-order chi connectivity index (χ0) is 14.4. The van der Waals surface area contributed by atoms with Crippen molar-refractivity contribution in [2.24, 2.45) is 0 Å². The van der Waals surface area contributed by atoms with E-state index in [9.17, 15) is 0 Å². The minimum absolute atomic E-state index is 0.390. The van der Waals surface area contributed by atoms with Gasteiger partial charge in [0.25, 0.3) is 0 Å². The first-order valence-electron chi connectivity index (χ1n) is 6.78. The fourth-order valence-electron chi connectivity index (χ4n) is 2.00. The number of nitrogens with zero attached hydrogens (tertiary/aromatic N) is 3. The number of ether oxygens (including phenoxy) is 1. The van der Waals surface area contributed by atoms with Gasteiger partial charge >= 0.3 is 0 Å². The quantitative estimate of drug-likeness (QED) is 0.875. The molecule has 0 unspecified atom stereocenters. The number of nitrogens with two attached hydrogens (primary N) is 1. The fraction of sp³-hybridized carbons (Fsp3) is 0.333. The molecule has 0 aliphatic rings. The summed E-state index contributed by atoms with van der Waals surface area (Å²) in [5.74, 6) is 0.869. The maximum atomic E-state index is 5.60. The summed E-state index contributed by atoms with van der Waals surface area (Å²) >= 11 is 0. The number of hydrogen-bond acceptors (Lipinski definition) is 5. The molecule has 0 radical (unpaired) electrons. The third-order valence-electron chi connectivity index (χ3n) is 3.09. The van der Waals surface area contributed by atoms with Crippen LogP contribution in [0.2, 0.25) is 0 Å². The molecule has 0 fully saturated rings. The Balaban J connectivity index is 2.02. The molecule has 5 nitrogen and oxygen atoms in total. The van der Waals surface area contributed by atoms with Gasteiger partial charge in [0.2, 0.25) is 5.88 Å². The molecule has 2 N–H and O–H groups in total. The predicted octanol–water partition coefficient (Wildman–Crippen LogP) is 2.48. The standard InChI is InChI=1S/C15H20N4O/c1-3-19(4-2)13-7-5-6-12(10-13)11-20-15-9-8-14(16)17-18-15/h5-10H,3-4,11H2,1-2H3,(H2,16,17). The summed E-state index contributed by atoms with van der Waals surface area (Å²) in [6.07, 6.45) is 0. The molecule has 1 heterocycles. The zero-order valence-corrected chi connectivity index (χ0v) is 11.9. The molecule has 0 aliphatic carbocycles. The van der Waals surface area contributed by atoms with Crippen LogP contribution < -0.4 is 15.4 Å². The van der Waals surface area contributed by atoms with E-state index in [0.717, 1.165) is 18.7 Å². The van der Waals surface area contributed by atoms with Gasteiger partial charge in [0.1, 0.15) is 12.4 Å². The van der Waals surface area contributed by atoms with Crippen LogP contribution in [0.4, 0.5) is 11.5 Å². The smallest absolute Gasteiger partial charge is 0.233 e. The monoisotopic (exact) mass is 272 g/mol. The molecule has 1 aromatic heterocycles. The van der Waals surface area contributed by atoms with Gasteiger partial charge in [-0.25, -0.2) is 0 Å². The van der Waals surface area contributed by atoms with Crippen molar-refractivity contribution < 1.29 is 4.74 Å². The number of hydrogen-bond donors (Lipinski definition) is 1. The lowest BCUT2D eigenvalue weighted by molar-refractivity contribution is 0.290. The summed E-state index contributed by atoms with van der Waals surface area (Å²) in [5.41, 5.74) is 7.80. The van der Waals surface area contributed by atoms with Crippen molar-refractivity contribution in [3.63, 3.8) is 0 Å². The molecule has 20 heavy (non-hydrogen) atoms. The highest BCUT2D eigenvalue weighted by molar-refractivity contribution is 5.48. The van der Waals surface area contributed by atoms with Crippen LogP contribution in [0.25, 0.3) is 0 Å². The lowest BCUT2D eigenvalue weighted by Crippen LogP contribution is -2.21. The summed E-state index contributed by atoms with van der Waals surface area (Å²) in [4.78, 5) is 2.30. The molecular formula is C15H20N4O. The third-order valence-corrected chi connectivity index (χ3v) is 3.09. The Morgan fingerprint density at radius 2 is 1.90 bits per heavy atom. The minimum Gasteiger partial charge on any atom is -0.472 e. The van der Waals surface area contributed by atoms with Gasteiger partial charge < -0.3 is 15.4 Å². The largest absolute Gasteiger partial charge is 0.472 e. The molecule has 0 spiro atoms. The second kappa shape index (κ2) is 6.75. The molecule has 2 rings (SSSR count). The molecule has 0 saturated carbocycles.